The molecule has 1 N–H and O–H groups in total. The third kappa shape index (κ3) is 4.61. The second kappa shape index (κ2) is 8.31. The average Bonchev–Trinajstić information content (AvgIpc) is 3.22. The summed E-state index contributed by atoms with van der Waals surface area (Å²) in [5, 5.41) is 4.19. The molecule has 3 rings (SSSR count). The summed E-state index contributed by atoms with van der Waals surface area (Å²) in [5.74, 6) is 0.392. The number of nitrogens with one attached hydrogen (secondary N) is 1. The molecule has 0 bridgehead atoms. The summed E-state index contributed by atoms with van der Waals surface area (Å²) in [7, 11) is 0. The Kier molecular flexibility index (Phi) is 5.66. The lowest BCUT2D eigenvalue weighted by Gasteiger charge is -2.15. The number of hydrazone groups is 1. The minimum Gasteiger partial charge on any atom is -0.481 e. The number of ether oxygens (including phenoxy) is 1. The first-order chi connectivity index (χ1) is 13.0. The van der Waals surface area contributed by atoms with Crippen molar-refractivity contribution < 1.29 is 9.53 Å². The fraction of sp³-hybridized carbons (Fsp3) is 0.190. The number of nitrogens with zero attached hydrogens (tertiary/aromatic N) is 3. The highest BCUT2D eigenvalue weighted by Gasteiger charge is 2.15. The maximum atomic E-state index is 12.3. The molecule has 27 heavy (non-hydrogen) atoms. The monoisotopic (exact) mass is 362 g/mol. The smallest absolute Gasteiger partial charge is 0.280 e. The molecule has 0 aliphatic rings. The van der Waals surface area contributed by atoms with Gasteiger partial charge in [-0.3, -0.25) is 4.79 Å². The summed E-state index contributed by atoms with van der Waals surface area (Å²) in [6.07, 6.45) is 4.71. The van der Waals surface area contributed by atoms with Crippen molar-refractivity contribution in [3.63, 3.8) is 0 Å². The molecular weight excluding hydrogens is 340 g/mol. The molecule has 1 heterocycles. The van der Waals surface area contributed by atoms with E-state index in [1.807, 2.05) is 73.1 Å². The van der Waals surface area contributed by atoms with Gasteiger partial charge in [0.25, 0.3) is 5.91 Å². The molecule has 1 atom stereocenters. The van der Waals surface area contributed by atoms with Crippen LogP contribution < -0.4 is 10.2 Å². The van der Waals surface area contributed by atoms with Gasteiger partial charge in [0, 0.05) is 18.1 Å². The number of aromatic nitrogens is 2. The number of amides is 1. The number of carbonyl (C=O) groups is 1. The molecule has 0 fully saturated rings. The summed E-state index contributed by atoms with van der Waals surface area (Å²) in [4.78, 5) is 16.3. The molecule has 0 aliphatic carbocycles. The minimum absolute atomic E-state index is 0.298. The van der Waals surface area contributed by atoms with Crippen LogP contribution in [-0.4, -0.2) is 27.3 Å². The number of para-hydroxylation sites is 1. The first-order valence-corrected chi connectivity index (χ1v) is 8.70. The molecule has 1 unspecified atom stereocenters. The first-order valence-electron chi connectivity index (χ1n) is 8.70. The fourth-order valence-corrected chi connectivity index (χ4v) is 2.51. The van der Waals surface area contributed by atoms with E-state index in [1.54, 1.807) is 19.4 Å². The van der Waals surface area contributed by atoms with Crippen molar-refractivity contribution in [1.29, 1.82) is 0 Å². The van der Waals surface area contributed by atoms with Crippen LogP contribution in [0, 0.1) is 6.92 Å². The largest absolute Gasteiger partial charge is 0.481 e. The molecule has 3 aromatic rings. The van der Waals surface area contributed by atoms with Gasteiger partial charge in [0.2, 0.25) is 0 Å². The first kappa shape index (κ1) is 18.4. The van der Waals surface area contributed by atoms with E-state index in [4.69, 9.17) is 4.74 Å². The number of carbonyl (C=O) groups excluding carboxylic acids is 1. The quantitative estimate of drug-likeness (QED) is 0.539. The molecular formula is C21H22N4O2. The van der Waals surface area contributed by atoms with Crippen LogP contribution in [0.2, 0.25) is 0 Å². The van der Waals surface area contributed by atoms with Gasteiger partial charge in [-0.2, -0.15) is 5.10 Å². The van der Waals surface area contributed by atoms with E-state index in [1.165, 1.54) is 0 Å². The SMILES string of the molecule is CC(=NNC(=O)C(C)Oc1ccccc1C)c1ccc(-n2ccnc2)cc1. The molecule has 0 saturated heterocycles. The predicted octanol–water partition coefficient (Wildman–Crippen LogP) is 3.49. The van der Waals surface area contributed by atoms with Crippen molar-refractivity contribution >= 4 is 11.6 Å². The van der Waals surface area contributed by atoms with E-state index in [2.05, 4.69) is 15.5 Å². The minimum atomic E-state index is -0.647. The van der Waals surface area contributed by atoms with Gasteiger partial charge in [0.15, 0.2) is 6.10 Å². The Morgan fingerprint density at radius 2 is 1.93 bits per heavy atom. The Bertz CT molecular complexity index is 931. The zero-order valence-electron chi connectivity index (χ0n) is 15.6. The van der Waals surface area contributed by atoms with Crippen LogP contribution in [0.4, 0.5) is 0 Å². The Morgan fingerprint density at radius 3 is 2.59 bits per heavy atom. The van der Waals surface area contributed by atoms with Gasteiger partial charge in [-0.1, -0.05) is 30.3 Å². The van der Waals surface area contributed by atoms with Gasteiger partial charge in [-0.15, -0.1) is 0 Å². The summed E-state index contributed by atoms with van der Waals surface area (Å²) in [6, 6.07) is 15.4. The molecule has 6 nitrogen and oxygen atoms in total. The molecule has 138 valence electrons. The summed E-state index contributed by atoms with van der Waals surface area (Å²) in [5.41, 5.74) is 6.19. The lowest BCUT2D eigenvalue weighted by atomic mass is 10.1. The molecule has 1 amide bonds. The average molecular weight is 362 g/mol. The molecule has 0 radical (unpaired) electrons. The topological polar surface area (TPSA) is 68.5 Å². The number of aryl methyl sites for hydroxylation is 1. The maximum absolute atomic E-state index is 12.3. The highest BCUT2D eigenvalue weighted by Crippen LogP contribution is 2.17. The van der Waals surface area contributed by atoms with Crippen LogP contribution in [0.15, 0.2) is 72.4 Å². The van der Waals surface area contributed by atoms with Gasteiger partial charge >= 0.3 is 0 Å². The van der Waals surface area contributed by atoms with Crippen molar-refractivity contribution in [2.24, 2.45) is 5.10 Å². The van der Waals surface area contributed by atoms with E-state index in [-0.39, 0.29) is 5.91 Å². The maximum Gasteiger partial charge on any atom is 0.280 e. The highest BCUT2D eigenvalue weighted by molar-refractivity contribution is 5.99. The number of benzene rings is 2. The number of hydrogen-bond donors (Lipinski definition) is 1. The van der Waals surface area contributed by atoms with Crippen LogP contribution in [0.1, 0.15) is 25.0 Å². The van der Waals surface area contributed by atoms with E-state index in [9.17, 15) is 4.79 Å². The van der Waals surface area contributed by atoms with Crippen LogP contribution in [0.25, 0.3) is 5.69 Å². The van der Waals surface area contributed by atoms with Crippen molar-refractivity contribution in [3.8, 4) is 11.4 Å². The Labute approximate surface area is 158 Å². The van der Waals surface area contributed by atoms with Gasteiger partial charge in [-0.25, -0.2) is 10.4 Å². The Balaban J connectivity index is 1.61. The lowest BCUT2D eigenvalue weighted by Crippen LogP contribution is -2.34. The fourth-order valence-electron chi connectivity index (χ4n) is 2.51. The lowest BCUT2D eigenvalue weighted by molar-refractivity contribution is -0.127. The number of rotatable bonds is 6. The van der Waals surface area contributed by atoms with Gasteiger partial charge in [0.05, 0.1) is 12.0 Å². The second-order valence-corrected chi connectivity index (χ2v) is 6.22. The molecule has 0 aliphatic heterocycles. The van der Waals surface area contributed by atoms with Crippen LogP contribution in [0.5, 0.6) is 5.75 Å². The Morgan fingerprint density at radius 1 is 1.19 bits per heavy atom. The van der Waals surface area contributed by atoms with Gasteiger partial charge < -0.3 is 9.30 Å². The summed E-state index contributed by atoms with van der Waals surface area (Å²) >= 11 is 0. The molecule has 0 saturated carbocycles. The van der Waals surface area contributed by atoms with Gasteiger partial charge in [-0.05, 0) is 50.1 Å². The van der Waals surface area contributed by atoms with Crippen LogP contribution in [0.3, 0.4) is 0 Å². The highest BCUT2D eigenvalue weighted by atomic mass is 16.5. The molecule has 6 heteroatoms. The summed E-state index contributed by atoms with van der Waals surface area (Å²) < 4.78 is 7.63. The van der Waals surface area contributed by atoms with Crippen molar-refractivity contribution in [3.05, 3.63) is 78.4 Å². The zero-order valence-corrected chi connectivity index (χ0v) is 15.6. The third-order valence-electron chi connectivity index (χ3n) is 4.19. The normalized spacial score (nSPS) is 12.5. The number of imidazole rings is 1. The summed E-state index contributed by atoms with van der Waals surface area (Å²) in [6.45, 7) is 5.49. The zero-order chi connectivity index (χ0) is 19.2. The molecule has 1 aromatic heterocycles. The Hall–Kier alpha value is -3.41. The molecule has 2 aromatic carbocycles. The third-order valence-corrected chi connectivity index (χ3v) is 4.19. The van der Waals surface area contributed by atoms with E-state index in [0.29, 0.717) is 11.5 Å². The van der Waals surface area contributed by atoms with Crippen molar-refractivity contribution in [2.75, 3.05) is 0 Å². The van der Waals surface area contributed by atoms with Crippen molar-refractivity contribution in [2.45, 2.75) is 26.9 Å². The van der Waals surface area contributed by atoms with E-state index < -0.39 is 6.10 Å². The van der Waals surface area contributed by atoms with Crippen LogP contribution >= 0.6 is 0 Å². The second-order valence-electron chi connectivity index (χ2n) is 6.22. The number of hydrogen-bond acceptors (Lipinski definition) is 4. The van der Waals surface area contributed by atoms with Crippen LogP contribution in [-0.2, 0) is 4.79 Å². The van der Waals surface area contributed by atoms with E-state index in [0.717, 1.165) is 16.8 Å². The van der Waals surface area contributed by atoms with E-state index >= 15 is 0 Å². The molecule has 0 spiro atoms. The standard InChI is InChI=1S/C21H22N4O2/c1-15-6-4-5-7-20(15)27-17(3)21(26)24-23-16(2)18-8-10-19(11-9-18)25-13-12-22-14-25/h4-14,17H,1-3H3,(H,24,26). The van der Waals surface area contributed by atoms with Crippen molar-refractivity contribution in [1.82, 2.24) is 15.0 Å². The predicted molar refractivity (Wildman–Crippen MR) is 105 cm³/mol. The van der Waals surface area contributed by atoms with Gasteiger partial charge in [0.1, 0.15) is 5.75 Å².